The highest BCUT2D eigenvalue weighted by Crippen LogP contribution is 2.37. The first-order valence-electron chi connectivity index (χ1n) is 8.96. The topological polar surface area (TPSA) is 64.8 Å². The molecule has 0 aromatic carbocycles. The molecule has 0 saturated carbocycles. The van der Waals surface area contributed by atoms with Crippen LogP contribution in [0.2, 0.25) is 18.1 Å². The number of nitrogens with zero attached hydrogens (tertiary/aromatic N) is 1. The molecular weight excluding hydrogens is 320 g/mol. The van der Waals surface area contributed by atoms with Crippen LogP contribution in [0.1, 0.15) is 61.8 Å². The Morgan fingerprint density at radius 1 is 1.12 bits per heavy atom. The van der Waals surface area contributed by atoms with Crippen molar-refractivity contribution < 1.29 is 14.0 Å². The van der Waals surface area contributed by atoms with Crippen LogP contribution in [0.4, 0.5) is 4.79 Å². The Hall–Kier alpha value is -0.593. The fraction of sp³-hybridized carbons (Fsp3) is 0.944. The summed E-state index contributed by atoms with van der Waals surface area (Å²) < 4.78 is 11.9. The molecule has 6 heteroatoms. The molecule has 24 heavy (non-hydrogen) atoms. The summed E-state index contributed by atoms with van der Waals surface area (Å²) in [5.41, 5.74) is 5.38. The molecule has 144 valence electrons. The normalized spacial score (nSPS) is 15.8. The number of rotatable bonds is 7. The van der Waals surface area contributed by atoms with Gasteiger partial charge in [0.15, 0.2) is 8.32 Å². The molecule has 0 rings (SSSR count). The molecule has 0 aromatic heterocycles. The van der Waals surface area contributed by atoms with Crippen molar-refractivity contribution >= 4 is 14.4 Å². The summed E-state index contributed by atoms with van der Waals surface area (Å²) in [6.07, 6.45) is 0.571. The molecule has 0 fully saturated rings. The first-order chi connectivity index (χ1) is 10.5. The maximum atomic E-state index is 12.4. The van der Waals surface area contributed by atoms with E-state index in [1.165, 1.54) is 0 Å². The Morgan fingerprint density at radius 3 is 2.00 bits per heavy atom. The molecule has 0 saturated heterocycles. The molecule has 0 bridgehead atoms. The minimum absolute atomic E-state index is 0.0888. The highest BCUT2D eigenvalue weighted by atomic mass is 28.4. The number of carbonyl (C=O) groups is 1. The van der Waals surface area contributed by atoms with Crippen molar-refractivity contribution in [3.8, 4) is 0 Å². The SMILES string of the molecule is CC(CCN(C[C@H](C)N)C(=O)OC(C)(C)C)O[Si](C)(C)C(C)(C)C. The van der Waals surface area contributed by atoms with E-state index in [0.29, 0.717) is 13.1 Å². The third kappa shape index (κ3) is 9.04. The minimum Gasteiger partial charge on any atom is -0.444 e. The largest absolute Gasteiger partial charge is 0.444 e. The summed E-state index contributed by atoms with van der Waals surface area (Å²) in [5.74, 6) is 0. The van der Waals surface area contributed by atoms with E-state index in [1.807, 2.05) is 27.7 Å². The predicted octanol–water partition coefficient (Wildman–Crippen LogP) is 4.37. The van der Waals surface area contributed by atoms with Crippen LogP contribution in [0.25, 0.3) is 0 Å². The lowest BCUT2D eigenvalue weighted by Crippen LogP contribution is -2.46. The van der Waals surface area contributed by atoms with Crippen LogP contribution in [0.15, 0.2) is 0 Å². The highest BCUT2D eigenvalue weighted by molar-refractivity contribution is 6.74. The number of hydrogen-bond acceptors (Lipinski definition) is 4. The standard InChI is InChI=1S/C18H40N2O3Si/c1-14(19)13-20(16(21)22-17(3,4)5)12-11-15(2)23-24(9,10)18(6,7)8/h14-15H,11-13,19H2,1-10H3/t14-,15?/m0/s1. The summed E-state index contributed by atoms with van der Waals surface area (Å²) in [7, 11) is -1.80. The van der Waals surface area contributed by atoms with Gasteiger partial charge in [-0.15, -0.1) is 0 Å². The maximum Gasteiger partial charge on any atom is 0.410 e. The quantitative estimate of drug-likeness (QED) is 0.685. The second-order valence-corrected chi connectivity index (χ2v) is 14.1. The fourth-order valence-corrected chi connectivity index (χ4v) is 3.48. The van der Waals surface area contributed by atoms with Gasteiger partial charge in [0.25, 0.3) is 0 Å². The van der Waals surface area contributed by atoms with Gasteiger partial charge in [-0.2, -0.15) is 0 Å². The van der Waals surface area contributed by atoms with E-state index in [1.54, 1.807) is 4.90 Å². The molecule has 0 aliphatic carbocycles. The summed E-state index contributed by atoms with van der Waals surface area (Å²) in [4.78, 5) is 14.1. The fourth-order valence-electron chi connectivity index (χ4n) is 2.01. The second kappa shape index (κ2) is 8.67. The van der Waals surface area contributed by atoms with Crippen LogP contribution >= 0.6 is 0 Å². The van der Waals surface area contributed by atoms with E-state index in [9.17, 15) is 4.79 Å². The molecule has 2 N–H and O–H groups in total. The van der Waals surface area contributed by atoms with E-state index in [0.717, 1.165) is 6.42 Å². The Labute approximate surface area is 150 Å². The first-order valence-corrected chi connectivity index (χ1v) is 11.9. The number of amides is 1. The van der Waals surface area contributed by atoms with Gasteiger partial charge in [-0.25, -0.2) is 4.79 Å². The molecule has 1 amide bonds. The van der Waals surface area contributed by atoms with E-state index in [-0.39, 0.29) is 23.3 Å². The maximum absolute atomic E-state index is 12.4. The number of ether oxygens (including phenoxy) is 1. The zero-order chi connectivity index (χ0) is 19.3. The average Bonchev–Trinajstić information content (AvgIpc) is 2.29. The van der Waals surface area contributed by atoms with Crippen LogP contribution in [-0.4, -0.2) is 50.1 Å². The second-order valence-electron chi connectivity index (χ2n) is 9.38. The lowest BCUT2D eigenvalue weighted by atomic mass is 10.2. The van der Waals surface area contributed by atoms with E-state index >= 15 is 0 Å². The van der Waals surface area contributed by atoms with Crippen molar-refractivity contribution in [2.24, 2.45) is 5.73 Å². The molecular formula is C18H40N2O3Si. The van der Waals surface area contributed by atoms with Crippen LogP contribution in [0.5, 0.6) is 0 Å². The molecule has 1 unspecified atom stereocenters. The van der Waals surface area contributed by atoms with Crippen molar-refractivity contribution in [1.29, 1.82) is 0 Å². The summed E-state index contributed by atoms with van der Waals surface area (Å²) in [6.45, 7) is 21.9. The average molecular weight is 361 g/mol. The van der Waals surface area contributed by atoms with Gasteiger partial charge in [0.05, 0.1) is 0 Å². The van der Waals surface area contributed by atoms with Gasteiger partial charge >= 0.3 is 6.09 Å². The molecule has 5 nitrogen and oxygen atoms in total. The third-order valence-electron chi connectivity index (χ3n) is 4.27. The van der Waals surface area contributed by atoms with Gasteiger partial charge in [0.1, 0.15) is 5.60 Å². The van der Waals surface area contributed by atoms with E-state index < -0.39 is 13.9 Å². The molecule has 0 radical (unpaired) electrons. The van der Waals surface area contributed by atoms with Gasteiger partial charge in [0, 0.05) is 25.2 Å². The van der Waals surface area contributed by atoms with Crippen LogP contribution in [0, 0.1) is 0 Å². The lowest BCUT2D eigenvalue weighted by molar-refractivity contribution is 0.0220. The van der Waals surface area contributed by atoms with E-state index in [4.69, 9.17) is 14.9 Å². The minimum atomic E-state index is -1.80. The predicted molar refractivity (Wildman–Crippen MR) is 104 cm³/mol. The van der Waals surface area contributed by atoms with E-state index in [2.05, 4.69) is 40.8 Å². The molecule has 2 atom stereocenters. The summed E-state index contributed by atoms with van der Waals surface area (Å²) >= 11 is 0. The lowest BCUT2D eigenvalue weighted by Gasteiger charge is -2.39. The van der Waals surface area contributed by atoms with Gasteiger partial charge < -0.3 is 19.8 Å². The van der Waals surface area contributed by atoms with Crippen molar-refractivity contribution in [2.75, 3.05) is 13.1 Å². The number of hydrogen-bond donors (Lipinski definition) is 1. The Kier molecular flexibility index (Phi) is 8.46. The zero-order valence-corrected chi connectivity index (χ0v) is 18.5. The zero-order valence-electron chi connectivity index (χ0n) is 17.5. The molecule has 0 aliphatic heterocycles. The van der Waals surface area contributed by atoms with Gasteiger partial charge in [0.2, 0.25) is 0 Å². The molecule has 0 aliphatic rings. The van der Waals surface area contributed by atoms with Crippen molar-refractivity contribution in [1.82, 2.24) is 4.90 Å². The Morgan fingerprint density at radius 2 is 1.62 bits per heavy atom. The summed E-state index contributed by atoms with van der Waals surface area (Å²) in [5, 5.41) is 0.178. The highest BCUT2D eigenvalue weighted by Gasteiger charge is 2.38. The van der Waals surface area contributed by atoms with Gasteiger partial charge in [-0.05, 0) is 59.2 Å². The summed E-state index contributed by atoms with van der Waals surface area (Å²) in [6, 6.07) is -0.0888. The number of carbonyl (C=O) groups excluding carboxylic acids is 1. The van der Waals surface area contributed by atoms with Gasteiger partial charge in [-0.3, -0.25) is 0 Å². The Bertz CT molecular complexity index is 398. The monoisotopic (exact) mass is 360 g/mol. The Balaban J connectivity index is 4.74. The van der Waals surface area contributed by atoms with Gasteiger partial charge in [-0.1, -0.05) is 20.8 Å². The molecule has 0 spiro atoms. The number of nitrogens with two attached hydrogens (primary N) is 1. The van der Waals surface area contributed by atoms with Crippen molar-refractivity contribution in [2.45, 2.75) is 97.7 Å². The first kappa shape index (κ1) is 23.4. The van der Waals surface area contributed by atoms with Crippen LogP contribution in [0.3, 0.4) is 0 Å². The molecule has 0 aromatic rings. The van der Waals surface area contributed by atoms with Crippen molar-refractivity contribution in [3.05, 3.63) is 0 Å². The van der Waals surface area contributed by atoms with Crippen molar-refractivity contribution in [3.63, 3.8) is 0 Å². The smallest absolute Gasteiger partial charge is 0.410 e. The molecule has 0 heterocycles. The van der Waals surface area contributed by atoms with Crippen LogP contribution in [-0.2, 0) is 9.16 Å². The third-order valence-corrected chi connectivity index (χ3v) is 8.87. The van der Waals surface area contributed by atoms with Crippen LogP contribution < -0.4 is 5.73 Å².